The molecule has 0 radical (unpaired) electrons. The molecule has 20 heavy (non-hydrogen) atoms. The van der Waals surface area contributed by atoms with Gasteiger partial charge in [-0.1, -0.05) is 12.1 Å². The standard InChI is InChI=1S/C16H25FN2O/c1-16(20)7-3-9-19(11-8-16)10-6-15(18)13-4-2-5-14(17)12-13/h2,4-5,12,15,20H,3,6-11,18H2,1H3. The van der Waals surface area contributed by atoms with Crippen molar-refractivity contribution in [1.82, 2.24) is 4.90 Å². The van der Waals surface area contributed by atoms with Crippen molar-refractivity contribution in [3.63, 3.8) is 0 Å². The van der Waals surface area contributed by atoms with Crippen molar-refractivity contribution in [2.45, 2.75) is 44.2 Å². The highest BCUT2D eigenvalue weighted by atomic mass is 19.1. The summed E-state index contributed by atoms with van der Waals surface area (Å²) >= 11 is 0. The number of nitrogens with two attached hydrogens (primary N) is 1. The minimum atomic E-state index is -0.528. The van der Waals surface area contributed by atoms with Crippen LogP contribution in [-0.2, 0) is 0 Å². The fourth-order valence-electron chi connectivity index (χ4n) is 2.77. The van der Waals surface area contributed by atoms with E-state index in [1.54, 1.807) is 6.07 Å². The Balaban J connectivity index is 1.83. The Morgan fingerprint density at radius 1 is 1.40 bits per heavy atom. The number of likely N-dealkylation sites (tertiary alicyclic amines) is 1. The van der Waals surface area contributed by atoms with Gasteiger partial charge in [0, 0.05) is 12.6 Å². The molecule has 3 nitrogen and oxygen atoms in total. The van der Waals surface area contributed by atoms with Gasteiger partial charge < -0.3 is 15.7 Å². The van der Waals surface area contributed by atoms with Crippen molar-refractivity contribution in [1.29, 1.82) is 0 Å². The summed E-state index contributed by atoms with van der Waals surface area (Å²) in [4.78, 5) is 2.35. The predicted molar refractivity (Wildman–Crippen MR) is 78.9 cm³/mol. The molecule has 1 aromatic rings. The molecular weight excluding hydrogens is 255 g/mol. The first-order chi connectivity index (χ1) is 9.46. The summed E-state index contributed by atoms with van der Waals surface area (Å²) in [5.74, 6) is -0.233. The van der Waals surface area contributed by atoms with Crippen LogP contribution >= 0.6 is 0 Å². The minimum Gasteiger partial charge on any atom is -0.390 e. The smallest absolute Gasteiger partial charge is 0.123 e. The Kier molecular flexibility index (Phi) is 5.13. The molecule has 0 spiro atoms. The Hall–Kier alpha value is -0.970. The van der Waals surface area contributed by atoms with Gasteiger partial charge in [0.25, 0.3) is 0 Å². The van der Waals surface area contributed by atoms with Gasteiger partial charge in [-0.25, -0.2) is 4.39 Å². The van der Waals surface area contributed by atoms with Crippen LogP contribution in [0.4, 0.5) is 4.39 Å². The number of nitrogens with zero attached hydrogens (tertiary/aromatic N) is 1. The topological polar surface area (TPSA) is 49.5 Å². The van der Waals surface area contributed by atoms with Crippen LogP contribution in [0.25, 0.3) is 0 Å². The van der Waals surface area contributed by atoms with E-state index in [9.17, 15) is 9.50 Å². The molecule has 2 rings (SSSR count). The number of benzene rings is 1. The van der Waals surface area contributed by atoms with Crippen LogP contribution in [0.3, 0.4) is 0 Å². The highest BCUT2D eigenvalue weighted by molar-refractivity contribution is 5.19. The molecule has 112 valence electrons. The second-order valence-electron chi connectivity index (χ2n) is 6.14. The van der Waals surface area contributed by atoms with Crippen molar-refractivity contribution < 1.29 is 9.50 Å². The summed E-state index contributed by atoms with van der Waals surface area (Å²) in [6.45, 7) is 4.72. The summed E-state index contributed by atoms with van der Waals surface area (Å²) < 4.78 is 13.2. The van der Waals surface area contributed by atoms with Gasteiger partial charge in [-0.2, -0.15) is 0 Å². The molecular formula is C16H25FN2O. The Morgan fingerprint density at radius 2 is 2.20 bits per heavy atom. The van der Waals surface area contributed by atoms with Gasteiger partial charge in [0.05, 0.1) is 5.60 Å². The van der Waals surface area contributed by atoms with E-state index >= 15 is 0 Å². The minimum absolute atomic E-state index is 0.130. The number of halogens is 1. The fourth-order valence-corrected chi connectivity index (χ4v) is 2.77. The molecule has 2 unspecified atom stereocenters. The van der Waals surface area contributed by atoms with E-state index in [2.05, 4.69) is 4.90 Å². The molecule has 0 aromatic heterocycles. The molecule has 1 heterocycles. The zero-order valence-corrected chi connectivity index (χ0v) is 12.2. The lowest BCUT2D eigenvalue weighted by molar-refractivity contribution is 0.0446. The van der Waals surface area contributed by atoms with Gasteiger partial charge in [-0.05, 0) is 63.4 Å². The van der Waals surface area contributed by atoms with Crippen molar-refractivity contribution in [2.75, 3.05) is 19.6 Å². The summed E-state index contributed by atoms with van der Waals surface area (Å²) in [6.07, 6.45) is 3.50. The van der Waals surface area contributed by atoms with Crippen LogP contribution in [0.1, 0.15) is 44.2 Å². The maximum Gasteiger partial charge on any atom is 0.123 e. The molecule has 4 heteroatoms. The SMILES string of the molecule is CC1(O)CCCN(CCC(N)c2cccc(F)c2)CC1. The lowest BCUT2D eigenvalue weighted by atomic mass is 9.98. The van der Waals surface area contributed by atoms with Crippen molar-refractivity contribution in [2.24, 2.45) is 5.73 Å². The van der Waals surface area contributed by atoms with E-state index in [4.69, 9.17) is 5.73 Å². The average molecular weight is 280 g/mol. The second kappa shape index (κ2) is 6.66. The molecule has 2 atom stereocenters. The quantitative estimate of drug-likeness (QED) is 0.890. The molecule has 1 aliphatic rings. The molecule has 0 amide bonds. The van der Waals surface area contributed by atoms with Crippen molar-refractivity contribution in [3.8, 4) is 0 Å². The first kappa shape index (κ1) is 15.4. The van der Waals surface area contributed by atoms with Gasteiger partial charge in [-0.3, -0.25) is 0 Å². The Labute approximate surface area is 120 Å². The highest BCUT2D eigenvalue weighted by Gasteiger charge is 2.24. The number of hydrogen-bond acceptors (Lipinski definition) is 3. The van der Waals surface area contributed by atoms with E-state index in [1.807, 2.05) is 13.0 Å². The van der Waals surface area contributed by atoms with Gasteiger partial charge in [0.1, 0.15) is 5.82 Å². The third-order valence-corrected chi connectivity index (χ3v) is 4.19. The number of aliphatic hydroxyl groups is 1. The first-order valence-electron chi connectivity index (χ1n) is 7.42. The maximum atomic E-state index is 13.2. The maximum absolute atomic E-state index is 13.2. The normalized spacial score (nSPS) is 26.2. The van der Waals surface area contributed by atoms with Crippen molar-refractivity contribution in [3.05, 3.63) is 35.6 Å². The molecule has 3 N–H and O–H groups in total. The molecule has 0 bridgehead atoms. The van der Waals surface area contributed by atoms with Crippen molar-refractivity contribution >= 4 is 0 Å². The summed E-state index contributed by atoms with van der Waals surface area (Å²) in [6, 6.07) is 6.40. The molecule has 1 fully saturated rings. The molecule has 1 saturated heterocycles. The van der Waals surface area contributed by atoms with E-state index in [0.29, 0.717) is 0 Å². The Morgan fingerprint density at radius 3 is 2.95 bits per heavy atom. The first-order valence-corrected chi connectivity index (χ1v) is 7.42. The van der Waals surface area contributed by atoms with Crippen LogP contribution in [0.5, 0.6) is 0 Å². The third kappa shape index (κ3) is 4.54. The number of rotatable bonds is 4. The largest absolute Gasteiger partial charge is 0.390 e. The van der Waals surface area contributed by atoms with Crippen LogP contribution < -0.4 is 5.73 Å². The molecule has 1 aromatic carbocycles. The zero-order valence-electron chi connectivity index (χ0n) is 12.2. The zero-order chi connectivity index (χ0) is 14.6. The summed E-state index contributed by atoms with van der Waals surface area (Å²) in [5, 5.41) is 10.1. The van der Waals surface area contributed by atoms with Crippen LogP contribution in [-0.4, -0.2) is 35.2 Å². The predicted octanol–water partition coefficient (Wildman–Crippen LogP) is 2.45. The number of hydrogen-bond donors (Lipinski definition) is 2. The highest BCUT2D eigenvalue weighted by Crippen LogP contribution is 2.22. The lowest BCUT2D eigenvalue weighted by Gasteiger charge is -2.23. The molecule has 0 aliphatic carbocycles. The monoisotopic (exact) mass is 280 g/mol. The van der Waals surface area contributed by atoms with Gasteiger partial charge in [0.2, 0.25) is 0 Å². The second-order valence-corrected chi connectivity index (χ2v) is 6.14. The summed E-state index contributed by atoms with van der Waals surface area (Å²) in [5.41, 5.74) is 6.46. The van der Waals surface area contributed by atoms with Crippen LogP contribution in [0.2, 0.25) is 0 Å². The van der Waals surface area contributed by atoms with Gasteiger partial charge in [0.15, 0.2) is 0 Å². The average Bonchev–Trinajstić information content (AvgIpc) is 2.57. The van der Waals surface area contributed by atoms with Crippen LogP contribution in [0.15, 0.2) is 24.3 Å². The van der Waals surface area contributed by atoms with E-state index < -0.39 is 5.60 Å². The Bertz CT molecular complexity index is 436. The van der Waals surface area contributed by atoms with E-state index in [-0.39, 0.29) is 11.9 Å². The lowest BCUT2D eigenvalue weighted by Crippen LogP contribution is -2.30. The van der Waals surface area contributed by atoms with Gasteiger partial charge in [-0.15, -0.1) is 0 Å². The van der Waals surface area contributed by atoms with Crippen LogP contribution in [0, 0.1) is 5.82 Å². The molecule has 0 saturated carbocycles. The summed E-state index contributed by atoms with van der Waals surface area (Å²) in [7, 11) is 0. The fraction of sp³-hybridized carbons (Fsp3) is 0.625. The van der Waals surface area contributed by atoms with Gasteiger partial charge >= 0.3 is 0 Å². The van der Waals surface area contributed by atoms with E-state index in [1.165, 1.54) is 12.1 Å². The molecule has 1 aliphatic heterocycles. The third-order valence-electron chi connectivity index (χ3n) is 4.19. The van der Waals surface area contributed by atoms with E-state index in [0.717, 1.165) is 50.9 Å².